The zero-order valence-electron chi connectivity index (χ0n) is 11.4. The minimum Gasteiger partial charge on any atom is -0.508 e. The van der Waals surface area contributed by atoms with Gasteiger partial charge in [-0.1, -0.05) is 25.1 Å². The summed E-state index contributed by atoms with van der Waals surface area (Å²) >= 11 is 0. The van der Waals surface area contributed by atoms with Gasteiger partial charge in [-0.2, -0.15) is 4.98 Å². The second kappa shape index (κ2) is 5.40. The fraction of sp³-hybridized carbons (Fsp3) is 0.429. The minimum absolute atomic E-state index is 0.168. The molecule has 0 bridgehead atoms. The lowest BCUT2D eigenvalue weighted by Crippen LogP contribution is -2.28. The monoisotopic (exact) mass is 262 g/mol. The lowest BCUT2D eigenvalue weighted by Gasteiger charge is -2.25. The van der Waals surface area contributed by atoms with E-state index in [0.717, 1.165) is 12.8 Å². The SMILES string of the molecule is CCC(CC)(OC)c1noc(-c2cccc(O)c2)n1. The van der Waals surface area contributed by atoms with E-state index in [4.69, 9.17) is 9.26 Å². The van der Waals surface area contributed by atoms with Gasteiger partial charge < -0.3 is 14.4 Å². The first-order valence-electron chi connectivity index (χ1n) is 6.34. The van der Waals surface area contributed by atoms with Crippen LogP contribution in [0.1, 0.15) is 32.5 Å². The highest BCUT2D eigenvalue weighted by Gasteiger charge is 2.33. The molecule has 0 spiro atoms. The number of rotatable bonds is 5. The van der Waals surface area contributed by atoms with Gasteiger partial charge in [0.2, 0.25) is 5.82 Å². The molecule has 1 N–H and O–H groups in total. The molecule has 1 aromatic carbocycles. The molecule has 0 aliphatic rings. The number of hydrogen-bond acceptors (Lipinski definition) is 5. The van der Waals surface area contributed by atoms with Crippen LogP contribution in [0.2, 0.25) is 0 Å². The first-order valence-corrected chi connectivity index (χ1v) is 6.34. The first kappa shape index (κ1) is 13.5. The average Bonchev–Trinajstić information content (AvgIpc) is 2.92. The van der Waals surface area contributed by atoms with Crippen LogP contribution in [0.3, 0.4) is 0 Å². The number of phenols is 1. The van der Waals surface area contributed by atoms with Gasteiger partial charge in [0.05, 0.1) is 0 Å². The summed E-state index contributed by atoms with van der Waals surface area (Å²) in [6, 6.07) is 6.73. The summed E-state index contributed by atoms with van der Waals surface area (Å²) in [7, 11) is 1.65. The molecule has 0 unspecified atom stereocenters. The van der Waals surface area contributed by atoms with E-state index in [2.05, 4.69) is 10.1 Å². The molecule has 2 aromatic rings. The van der Waals surface area contributed by atoms with Crippen molar-refractivity contribution < 1.29 is 14.4 Å². The Morgan fingerprint density at radius 1 is 1.32 bits per heavy atom. The number of methoxy groups -OCH3 is 1. The molecule has 5 nitrogen and oxygen atoms in total. The Bertz CT molecular complexity index is 539. The molecular formula is C14H18N2O3. The van der Waals surface area contributed by atoms with Crippen LogP contribution >= 0.6 is 0 Å². The van der Waals surface area contributed by atoms with Crippen LogP contribution in [-0.4, -0.2) is 22.4 Å². The predicted octanol–water partition coefficient (Wildman–Crippen LogP) is 3.10. The van der Waals surface area contributed by atoms with Gasteiger partial charge in [0.15, 0.2) is 0 Å². The summed E-state index contributed by atoms with van der Waals surface area (Å²) in [6.45, 7) is 4.05. The summed E-state index contributed by atoms with van der Waals surface area (Å²) in [4.78, 5) is 4.39. The molecule has 0 aliphatic carbocycles. The van der Waals surface area contributed by atoms with E-state index in [1.54, 1.807) is 25.3 Å². The lowest BCUT2D eigenvalue weighted by molar-refractivity contribution is -0.0306. The Balaban J connectivity index is 2.38. The van der Waals surface area contributed by atoms with Crippen molar-refractivity contribution in [3.05, 3.63) is 30.1 Å². The highest BCUT2D eigenvalue weighted by atomic mass is 16.5. The Hall–Kier alpha value is -1.88. The standard InChI is InChI=1S/C14H18N2O3/c1-4-14(5-2,18-3)13-15-12(19-16-13)10-7-6-8-11(17)9-10/h6-9,17H,4-5H2,1-3H3. The van der Waals surface area contributed by atoms with Gasteiger partial charge in [-0.3, -0.25) is 0 Å². The van der Waals surface area contributed by atoms with Crippen LogP contribution in [0, 0.1) is 0 Å². The molecule has 2 rings (SSSR count). The van der Waals surface area contributed by atoms with Gasteiger partial charge in [-0.25, -0.2) is 0 Å². The second-order valence-electron chi connectivity index (χ2n) is 4.38. The zero-order chi connectivity index (χ0) is 13.9. The Morgan fingerprint density at radius 3 is 2.63 bits per heavy atom. The number of hydrogen-bond donors (Lipinski definition) is 1. The molecule has 5 heteroatoms. The van der Waals surface area contributed by atoms with E-state index in [1.807, 2.05) is 19.9 Å². The summed E-state index contributed by atoms with van der Waals surface area (Å²) in [5.41, 5.74) is 0.175. The lowest BCUT2D eigenvalue weighted by atomic mass is 9.96. The second-order valence-corrected chi connectivity index (χ2v) is 4.38. The van der Waals surface area contributed by atoms with Gasteiger partial charge in [-0.15, -0.1) is 0 Å². The van der Waals surface area contributed by atoms with Crippen molar-refractivity contribution in [2.24, 2.45) is 0 Å². The van der Waals surface area contributed by atoms with Crippen molar-refractivity contribution in [3.8, 4) is 17.2 Å². The largest absolute Gasteiger partial charge is 0.508 e. The van der Waals surface area contributed by atoms with E-state index in [0.29, 0.717) is 17.3 Å². The van der Waals surface area contributed by atoms with Crippen molar-refractivity contribution in [2.75, 3.05) is 7.11 Å². The normalized spacial score (nSPS) is 11.7. The Morgan fingerprint density at radius 2 is 2.05 bits per heavy atom. The molecule has 0 saturated heterocycles. The Kier molecular flexibility index (Phi) is 3.85. The molecule has 102 valence electrons. The van der Waals surface area contributed by atoms with Crippen LogP contribution in [0.15, 0.2) is 28.8 Å². The first-order chi connectivity index (χ1) is 9.15. The third-order valence-corrected chi connectivity index (χ3v) is 3.46. The molecule has 0 amide bonds. The van der Waals surface area contributed by atoms with E-state index in [9.17, 15) is 5.11 Å². The summed E-state index contributed by atoms with van der Waals surface area (Å²) in [5.74, 6) is 1.09. The van der Waals surface area contributed by atoms with Crippen molar-refractivity contribution in [2.45, 2.75) is 32.3 Å². The van der Waals surface area contributed by atoms with Crippen molar-refractivity contribution in [1.82, 2.24) is 10.1 Å². The number of aromatic nitrogens is 2. The van der Waals surface area contributed by atoms with E-state index >= 15 is 0 Å². The summed E-state index contributed by atoms with van der Waals surface area (Å²) in [5, 5.41) is 13.5. The topological polar surface area (TPSA) is 68.4 Å². The van der Waals surface area contributed by atoms with E-state index in [-0.39, 0.29) is 5.75 Å². The maximum Gasteiger partial charge on any atom is 0.258 e. The number of benzene rings is 1. The Labute approximate surface area is 112 Å². The van der Waals surface area contributed by atoms with Crippen LogP contribution in [-0.2, 0) is 10.3 Å². The van der Waals surface area contributed by atoms with Crippen molar-refractivity contribution in [1.29, 1.82) is 0 Å². The quantitative estimate of drug-likeness (QED) is 0.896. The van der Waals surface area contributed by atoms with Gasteiger partial charge >= 0.3 is 0 Å². The van der Waals surface area contributed by atoms with Crippen LogP contribution in [0.5, 0.6) is 5.75 Å². The fourth-order valence-electron chi connectivity index (χ4n) is 2.11. The number of aromatic hydroxyl groups is 1. The zero-order valence-corrected chi connectivity index (χ0v) is 11.4. The third-order valence-electron chi connectivity index (χ3n) is 3.46. The van der Waals surface area contributed by atoms with Crippen LogP contribution in [0.4, 0.5) is 0 Å². The smallest absolute Gasteiger partial charge is 0.258 e. The number of ether oxygens (including phenoxy) is 1. The van der Waals surface area contributed by atoms with Gasteiger partial charge in [0.25, 0.3) is 5.89 Å². The van der Waals surface area contributed by atoms with E-state index in [1.165, 1.54) is 0 Å². The van der Waals surface area contributed by atoms with E-state index < -0.39 is 5.60 Å². The van der Waals surface area contributed by atoms with Crippen LogP contribution < -0.4 is 0 Å². The summed E-state index contributed by atoms with van der Waals surface area (Å²) < 4.78 is 10.8. The fourth-order valence-corrected chi connectivity index (χ4v) is 2.11. The van der Waals surface area contributed by atoms with Crippen molar-refractivity contribution >= 4 is 0 Å². The maximum atomic E-state index is 9.47. The highest BCUT2D eigenvalue weighted by molar-refractivity contribution is 5.55. The molecular weight excluding hydrogens is 244 g/mol. The molecule has 1 heterocycles. The molecule has 19 heavy (non-hydrogen) atoms. The molecule has 1 aromatic heterocycles. The molecule has 0 saturated carbocycles. The van der Waals surface area contributed by atoms with Gasteiger partial charge in [0, 0.05) is 12.7 Å². The number of nitrogens with zero attached hydrogens (tertiary/aromatic N) is 2. The van der Waals surface area contributed by atoms with Crippen molar-refractivity contribution in [3.63, 3.8) is 0 Å². The molecule has 0 atom stereocenters. The minimum atomic E-state index is -0.515. The van der Waals surface area contributed by atoms with Crippen LogP contribution in [0.25, 0.3) is 11.5 Å². The maximum absolute atomic E-state index is 9.47. The van der Waals surface area contributed by atoms with Gasteiger partial charge in [-0.05, 0) is 31.0 Å². The molecule has 0 fully saturated rings. The predicted molar refractivity (Wildman–Crippen MR) is 70.7 cm³/mol. The number of phenolic OH excluding ortho intramolecular Hbond substituents is 1. The molecule has 0 radical (unpaired) electrons. The summed E-state index contributed by atoms with van der Waals surface area (Å²) in [6.07, 6.45) is 1.53. The molecule has 0 aliphatic heterocycles. The highest BCUT2D eigenvalue weighted by Crippen LogP contribution is 2.32. The average molecular weight is 262 g/mol. The third kappa shape index (κ3) is 2.46. The van der Waals surface area contributed by atoms with Gasteiger partial charge in [0.1, 0.15) is 11.4 Å².